The predicted molar refractivity (Wildman–Crippen MR) is 121 cm³/mol. The molecule has 4 rings (SSSR count). The number of H-pyrrole nitrogens is 1. The van der Waals surface area contributed by atoms with Gasteiger partial charge in [0.1, 0.15) is 5.75 Å². The van der Waals surface area contributed by atoms with Gasteiger partial charge in [0.2, 0.25) is 5.91 Å². The number of rotatable bonds is 6. The monoisotopic (exact) mass is 417 g/mol. The topological polar surface area (TPSA) is 84.1 Å². The van der Waals surface area contributed by atoms with Gasteiger partial charge in [-0.3, -0.25) is 9.59 Å². The Balaban J connectivity index is 1.64. The average molecular weight is 418 g/mol. The number of benzene rings is 2. The van der Waals surface area contributed by atoms with Crippen molar-refractivity contribution in [1.82, 2.24) is 10.2 Å². The molecule has 0 fully saturated rings. The highest BCUT2D eigenvalue weighted by molar-refractivity contribution is 5.90. The maximum absolute atomic E-state index is 12.1. The van der Waals surface area contributed by atoms with E-state index in [1.165, 1.54) is 6.92 Å². The van der Waals surface area contributed by atoms with Gasteiger partial charge >= 0.3 is 0 Å². The number of aryl methyl sites for hydroxylation is 3. The van der Waals surface area contributed by atoms with Gasteiger partial charge in [0.05, 0.1) is 11.4 Å². The lowest BCUT2D eigenvalue weighted by Crippen LogP contribution is -2.23. The first-order chi connectivity index (χ1) is 15.0. The van der Waals surface area contributed by atoms with Crippen LogP contribution in [0.2, 0.25) is 0 Å². The summed E-state index contributed by atoms with van der Waals surface area (Å²) in [6.45, 7) is 3.51. The third kappa shape index (κ3) is 4.85. The standard InChI is InChI=1S/C25H27N3O3/c1-16-10-13-19(14-11-16)31-24-18(6-5-9-23(24)26-17(2)29)12-15-22-20-7-3-4-8-21(20)25(30)28-27-22/h5-6,9-11,13-14H,3-4,7-8,12,15H2,1-2H3,(H,26,29)(H,28,30). The smallest absolute Gasteiger partial charge is 0.267 e. The Morgan fingerprint density at radius 2 is 1.81 bits per heavy atom. The predicted octanol–water partition coefficient (Wildman–Crippen LogP) is 4.49. The van der Waals surface area contributed by atoms with Gasteiger partial charge in [-0.25, -0.2) is 5.10 Å². The van der Waals surface area contributed by atoms with Crippen molar-refractivity contribution < 1.29 is 9.53 Å². The molecule has 31 heavy (non-hydrogen) atoms. The number of carbonyl (C=O) groups is 1. The molecule has 0 unspecified atom stereocenters. The summed E-state index contributed by atoms with van der Waals surface area (Å²) >= 11 is 0. The summed E-state index contributed by atoms with van der Waals surface area (Å²) in [6, 6.07) is 13.6. The number of nitrogens with zero attached hydrogens (tertiary/aromatic N) is 1. The fourth-order valence-electron chi connectivity index (χ4n) is 4.10. The van der Waals surface area contributed by atoms with Crippen molar-refractivity contribution >= 4 is 11.6 Å². The zero-order valence-electron chi connectivity index (χ0n) is 18.0. The maximum Gasteiger partial charge on any atom is 0.267 e. The van der Waals surface area contributed by atoms with E-state index in [4.69, 9.17) is 4.74 Å². The minimum Gasteiger partial charge on any atom is -0.455 e. The zero-order chi connectivity index (χ0) is 21.8. The molecule has 160 valence electrons. The van der Waals surface area contributed by atoms with E-state index in [1.54, 1.807) is 0 Å². The maximum atomic E-state index is 12.1. The number of para-hydroxylation sites is 1. The van der Waals surface area contributed by atoms with Crippen molar-refractivity contribution in [2.75, 3.05) is 5.32 Å². The molecule has 2 N–H and O–H groups in total. The number of ether oxygens (including phenoxy) is 1. The minimum absolute atomic E-state index is 0.0606. The van der Waals surface area contributed by atoms with E-state index in [-0.39, 0.29) is 11.5 Å². The highest BCUT2D eigenvalue weighted by Gasteiger charge is 2.19. The fourth-order valence-corrected chi connectivity index (χ4v) is 4.10. The number of hydrogen-bond donors (Lipinski definition) is 2. The molecule has 0 saturated heterocycles. The molecule has 2 aromatic carbocycles. The first kappa shape index (κ1) is 20.8. The summed E-state index contributed by atoms with van der Waals surface area (Å²) in [7, 11) is 0. The third-order valence-corrected chi connectivity index (χ3v) is 5.66. The van der Waals surface area contributed by atoms with Crippen LogP contribution in [0.15, 0.2) is 47.3 Å². The minimum atomic E-state index is -0.151. The van der Waals surface area contributed by atoms with Gasteiger partial charge in [-0.1, -0.05) is 29.8 Å². The second-order valence-electron chi connectivity index (χ2n) is 8.05. The number of amides is 1. The highest BCUT2D eigenvalue weighted by atomic mass is 16.5. The molecular weight excluding hydrogens is 390 g/mol. The van der Waals surface area contributed by atoms with Gasteiger partial charge in [-0.2, -0.15) is 5.10 Å². The normalized spacial score (nSPS) is 12.8. The van der Waals surface area contributed by atoms with E-state index in [2.05, 4.69) is 15.5 Å². The van der Waals surface area contributed by atoms with E-state index >= 15 is 0 Å². The lowest BCUT2D eigenvalue weighted by atomic mass is 9.90. The van der Waals surface area contributed by atoms with E-state index in [0.717, 1.165) is 53.6 Å². The van der Waals surface area contributed by atoms with Gasteiger partial charge in [0.25, 0.3) is 5.56 Å². The van der Waals surface area contributed by atoms with Gasteiger partial charge < -0.3 is 10.1 Å². The van der Waals surface area contributed by atoms with Crippen LogP contribution in [0.25, 0.3) is 0 Å². The summed E-state index contributed by atoms with van der Waals surface area (Å²) in [5.74, 6) is 1.20. The summed E-state index contributed by atoms with van der Waals surface area (Å²) in [5, 5.41) is 9.89. The van der Waals surface area contributed by atoms with E-state index < -0.39 is 0 Å². The van der Waals surface area contributed by atoms with Crippen LogP contribution in [0, 0.1) is 6.92 Å². The van der Waals surface area contributed by atoms with E-state index in [1.807, 2.05) is 49.4 Å². The van der Waals surface area contributed by atoms with E-state index in [9.17, 15) is 9.59 Å². The van der Waals surface area contributed by atoms with Crippen molar-refractivity contribution in [1.29, 1.82) is 0 Å². The summed E-state index contributed by atoms with van der Waals surface area (Å²) in [4.78, 5) is 23.9. The molecule has 1 heterocycles. The fraction of sp³-hybridized carbons (Fsp3) is 0.320. The second kappa shape index (κ2) is 9.16. The Kier molecular flexibility index (Phi) is 6.16. The number of nitrogens with one attached hydrogen (secondary N) is 2. The van der Waals surface area contributed by atoms with Crippen LogP contribution < -0.4 is 15.6 Å². The number of anilines is 1. The Hall–Kier alpha value is -3.41. The molecule has 0 atom stereocenters. The molecule has 1 aliphatic carbocycles. The Morgan fingerprint density at radius 3 is 2.55 bits per heavy atom. The molecule has 6 heteroatoms. The van der Waals surface area contributed by atoms with Crippen LogP contribution in [0.3, 0.4) is 0 Å². The molecule has 6 nitrogen and oxygen atoms in total. The number of fused-ring (bicyclic) bond motifs is 1. The second-order valence-corrected chi connectivity index (χ2v) is 8.05. The summed E-state index contributed by atoms with van der Waals surface area (Å²) < 4.78 is 6.22. The van der Waals surface area contributed by atoms with Crippen LogP contribution in [0.4, 0.5) is 5.69 Å². The van der Waals surface area contributed by atoms with Gasteiger partial charge in [0, 0.05) is 12.5 Å². The van der Waals surface area contributed by atoms with Crippen LogP contribution in [0.1, 0.15) is 47.7 Å². The largest absolute Gasteiger partial charge is 0.455 e. The number of aromatic nitrogens is 2. The molecule has 1 aromatic heterocycles. The SMILES string of the molecule is CC(=O)Nc1cccc(CCc2n[nH]c(=O)c3c2CCCC3)c1Oc1ccc(C)cc1. The highest BCUT2D eigenvalue weighted by Crippen LogP contribution is 2.34. The Labute approximate surface area is 181 Å². The molecule has 3 aromatic rings. The summed E-state index contributed by atoms with van der Waals surface area (Å²) in [6.07, 6.45) is 5.23. The number of hydrogen-bond acceptors (Lipinski definition) is 4. The van der Waals surface area contributed by atoms with Crippen molar-refractivity contribution in [3.05, 3.63) is 80.8 Å². The zero-order valence-corrected chi connectivity index (χ0v) is 18.0. The lowest BCUT2D eigenvalue weighted by Gasteiger charge is -2.19. The third-order valence-electron chi connectivity index (χ3n) is 5.66. The van der Waals surface area contributed by atoms with Crippen molar-refractivity contribution in [2.24, 2.45) is 0 Å². The van der Waals surface area contributed by atoms with Gasteiger partial charge in [0.15, 0.2) is 5.75 Å². The first-order valence-corrected chi connectivity index (χ1v) is 10.7. The van der Waals surface area contributed by atoms with E-state index in [0.29, 0.717) is 30.0 Å². The molecular formula is C25H27N3O3. The van der Waals surface area contributed by atoms with Crippen LogP contribution in [0.5, 0.6) is 11.5 Å². The van der Waals surface area contributed by atoms with Crippen LogP contribution >= 0.6 is 0 Å². The number of carbonyl (C=O) groups excluding carboxylic acids is 1. The average Bonchev–Trinajstić information content (AvgIpc) is 2.76. The Bertz CT molecular complexity index is 1150. The van der Waals surface area contributed by atoms with Crippen molar-refractivity contribution in [2.45, 2.75) is 52.4 Å². The lowest BCUT2D eigenvalue weighted by molar-refractivity contribution is -0.114. The van der Waals surface area contributed by atoms with Crippen molar-refractivity contribution in [3.8, 4) is 11.5 Å². The molecule has 1 amide bonds. The van der Waals surface area contributed by atoms with Gasteiger partial charge in [-0.05, 0) is 74.8 Å². The molecule has 0 aliphatic heterocycles. The van der Waals surface area contributed by atoms with Crippen LogP contribution in [-0.4, -0.2) is 16.1 Å². The summed E-state index contributed by atoms with van der Waals surface area (Å²) in [5.41, 5.74) is 5.64. The molecule has 0 radical (unpaired) electrons. The van der Waals surface area contributed by atoms with Gasteiger partial charge in [-0.15, -0.1) is 0 Å². The quantitative estimate of drug-likeness (QED) is 0.619. The molecule has 0 spiro atoms. The van der Waals surface area contributed by atoms with Crippen molar-refractivity contribution in [3.63, 3.8) is 0 Å². The number of aromatic amines is 1. The molecule has 1 aliphatic rings. The van der Waals surface area contributed by atoms with Crippen LogP contribution in [-0.2, 0) is 30.5 Å². The Morgan fingerprint density at radius 1 is 1.06 bits per heavy atom. The molecule has 0 bridgehead atoms. The first-order valence-electron chi connectivity index (χ1n) is 10.7. The molecule has 0 saturated carbocycles.